The van der Waals surface area contributed by atoms with Gasteiger partial charge in [0.15, 0.2) is 12.1 Å². The zero-order valence-corrected chi connectivity index (χ0v) is 21.0. The second-order valence-electron chi connectivity index (χ2n) is 8.53. The van der Waals surface area contributed by atoms with Gasteiger partial charge in [0, 0.05) is 10.5 Å². The van der Waals surface area contributed by atoms with Crippen molar-refractivity contribution in [3.63, 3.8) is 0 Å². The summed E-state index contributed by atoms with van der Waals surface area (Å²) in [5.41, 5.74) is 0.836. The molecule has 2 aromatic carbocycles. The van der Waals surface area contributed by atoms with Crippen LogP contribution in [0.2, 0.25) is 0 Å². The van der Waals surface area contributed by atoms with Crippen LogP contribution in [0.4, 0.5) is 8.78 Å². The summed E-state index contributed by atoms with van der Waals surface area (Å²) in [5.74, 6) is -1.90. The topological polar surface area (TPSA) is 75.7 Å². The smallest absolute Gasteiger partial charge is 0.334 e. The highest BCUT2D eigenvalue weighted by Crippen LogP contribution is 2.42. The molecule has 2 unspecified atom stereocenters. The maximum absolute atomic E-state index is 14.0. The maximum atomic E-state index is 14.0. The number of nitrogens with zero attached hydrogens (tertiary/aromatic N) is 1. The number of rotatable bonds is 8. The molecule has 37 heavy (non-hydrogen) atoms. The number of thiophene rings is 1. The molecule has 10 heteroatoms. The van der Waals surface area contributed by atoms with Gasteiger partial charge < -0.3 is 15.0 Å². The summed E-state index contributed by atoms with van der Waals surface area (Å²) in [7, 11) is 0. The summed E-state index contributed by atoms with van der Waals surface area (Å²) in [4.78, 5) is 40.9. The van der Waals surface area contributed by atoms with Crippen molar-refractivity contribution in [3.8, 4) is 0 Å². The molecule has 0 radical (unpaired) electrons. The van der Waals surface area contributed by atoms with Crippen LogP contribution in [-0.2, 0) is 25.5 Å². The second-order valence-corrected chi connectivity index (χ2v) is 10.6. The molecule has 0 aliphatic carbocycles. The van der Waals surface area contributed by atoms with Crippen molar-refractivity contribution in [2.24, 2.45) is 0 Å². The standard InChI is InChI=1S/C27H22F2N2O4S2/c28-24(29)19-15-37-26-21(30-20(32)14-18-12-7-13-36-18)25(33)31(26)22(19)27(34)35-23(16-8-3-1-4-9-16)17-10-5-2-6-11-17/h1-13,15,21-24,26H,14H2,(H,30,32)/t21?,22?,26-/m0/s1. The number of nitrogens with one attached hydrogen (secondary N) is 1. The lowest BCUT2D eigenvalue weighted by Gasteiger charge is -2.51. The third-order valence-electron chi connectivity index (χ3n) is 6.16. The van der Waals surface area contributed by atoms with E-state index in [-0.39, 0.29) is 12.3 Å². The van der Waals surface area contributed by atoms with Gasteiger partial charge in [-0.15, -0.1) is 23.1 Å². The zero-order valence-electron chi connectivity index (χ0n) is 19.3. The molecule has 2 aliphatic heterocycles. The fourth-order valence-electron chi connectivity index (χ4n) is 4.39. The summed E-state index contributed by atoms with van der Waals surface area (Å²) >= 11 is 2.41. The first-order valence-corrected chi connectivity index (χ1v) is 13.3. The molecular formula is C27H22F2N2O4S2. The Morgan fingerprint density at radius 1 is 0.973 bits per heavy atom. The number of hydrogen-bond donors (Lipinski definition) is 1. The first-order valence-electron chi connectivity index (χ1n) is 11.5. The van der Waals surface area contributed by atoms with Gasteiger partial charge in [-0.05, 0) is 28.0 Å². The van der Waals surface area contributed by atoms with Gasteiger partial charge in [-0.25, -0.2) is 13.6 Å². The molecule has 1 aromatic heterocycles. The number of esters is 1. The summed E-state index contributed by atoms with van der Waals surface area (Å²) in [6.07, 6.45) is -3.70. The van der Waals surface area contributed by atoms with Gasteiger partial charge in [-0.3, -0.25) is 9.59 Å². The number of carbonyl (C=O) groups excluding carboxylic acids is 3. The molecule has 1 N–H and O–H groups in total. The predicted molar refractivity (Wildman–Crippen MR) is 137 cm³/mol. The monoisotopic (exact) mass is 540 g/mol. The van der Waals surface area contributed by atoms with E-state index in [4.69, 9.17) is 4.74 Å². The molecule has 0 bridgehead atoms. The van der Waals surface area contributed by atoms with Crippen LogP contribution in [0.1, 0.15) is 22.1 Å². The van der Waals surface area contributed by atoms with Crippen LogP contribution in [0, 0.1) is 0 Å². The molecule has 0 saturated carbocycles. The van der Waals surface area contributed by atoms with E-state index in [1.165, 1.54) is 16.7 Å². The molecule has 3 aromatic rings. The van der Waals surface area contributed by atoms with Gasteiger partial charge in [0.2, 0.25) is 11.8 Å². The van der Waals surface area contributed by atoms with Crippen molar-refractivity contribution in [2.45, 2.75) is 36.4 Å². The maximum Gasteiger partial charge on any atom is 0.334 e. The molecule has 3 atom stereocenters. The van der Waals surface area contributed by atoms with Gasteiger partial charge >= 0.3 is 5.97 Å². The third-order valence-corrected chi connectivity index (χ3v) is 8.23. The largest absolute Gasteiger partial charge is 0.451 e. The van der Waals surface area contributed by atoms with Gasteiger partial charge in [-0.2, -0.15) is 0 Å². The van der Waals surface area contributed by atoms with Crippen molar-refractivity contribution in [1.82, 2.24) is 10.2 Å². The molecule has 5 rings (SSSR count). The first kappa shape index (κ1) is 25.2. The Bertz CT molecular complexity index is 1260. The van der Waals surface area contributed by atoms with E-state index in [1.807, 2.05) is 29.6 Å². The summed E-state index contributed by atoms with van der Waals surface area (Å²) < 4.78 is 33.8. The number of carbonyl (C=O) groups is 3. The first-order chi connectivity index (χ1) is 17.9. The number of benzene rings is 2. The molecule has 6 nitrogen and oxygen atoms in total. The van der Waals surface area contributed by atoms with E-state index in [2.05, 4.69) is 5.32 Å². The van der Waals surface area contributed by atoms with Gasteiger partial charge in [0.25, 0.3) is 6.43 Å². The van der Waals surface area contributed by atoms with Crippen LogP contribution >= 0.6 is 23.1 Å². The van der Waals surface area contributed by atoms with Crippen LogP contribution in [0.3, 0.4) is 0 Å². The Balaban J connectivity index is 1.37. The normalized spacial score (nSPS) is 20.8. The number of halogens is 2. The Labute approximate surface area is 220 Å². The fourth-order valence-corrected chi connectivity index (χ4v) is 6.32. The molecule has 2 amide bonds. The summed E-state index contributed by atoms with van der Waals surface area (Å²) in [6.45, 7) is 0. The van der Waals surface area contributed by atoms with Gasteiger partial charge in [0.05, 0.1) is 6.42 Å². The average molecular weight is 541 g/mol. The summed E-state index contributed by atoms with van der Waals surface area (Å²) in [5, 5.41) is 5.06. The quantitative estimate of drug-likeness (QED) is 0.336. The third kappa shape index (κ3) is 5.17. The van der Waals surface area contributed by atoms with Crippen LogP contribution in [0.15, 0.2) is 89.2 Å². The molecule has 1 fully saturated rings. The highest BCUT2D eigenvalue weighted by Gasteiger charge is 2.57. The Morgan fingerprint density at radius 3 is 2.19 bits per heavy atom. The molecule has 3 heterocycles. The minimum absolute atomic E-state index is 0.109. The van der Waals surface area contributed by atoms with Crippen LogP contribution < -0.4 is 5.32 Å². The average Bonchev–Trinajstić information content (AvgIpc) is 3.43. The number of hydrogen-bond acceptors (Lipinski definition) is 6. The number of thioether (sulfide) groups is 1. The van der Waals surface area contributed by atoms with Crippen molar-refractivity contribution in [1.29, 1.82) is 0 Å². The number of ether oxygens (including phenoxy) is 1. The van der Waals surface area contributed by atoms with E-state index in [0.717, 1.165) is 21.5 Å². The van der Waals surface area contributed by atoms with Crippen molar-refractivity contribution in [3.05, 3.63) is 105 Å². The van der Waals surface area contributed by atoms with E-state index < -0.39 is 47.4 Å². The lowest BCUT2D eigenvalue weighted by atomic mass is 9.97. The highest BCUT2D eigenvalue weighted by molar-refractivity contribution is 8.03. The Morgan fingerprint density at radius 2 is 1.62 bits per heavy atom. The SMILES string of the molecule is O=C(Cc1cccs1)NC1C(=O)N2C(C(=O)OC(c3ccccc3)c3ccccc3)C(C(F)F)=CS[C@@H]12. The van der Waals surface area contributed by atoms with Crippen molar-refractivity contribution >= 4 is 40.9 Å². The van der Waals surface area contributed by atoms with E-state index in [1.54, 1.807) is 48.5 Å². The number of β-lactam (4-membered cyclic amide) rings is 1. The number of fused-ring (bicyclic) bond motifs is 1. The minimum atomic E-state index is -2.96. The molecule has 2 aliphatic rings. The Kier molecular flexibility index (Phi) is 7.38. The van der Waals surface area contributed by atoms with Crippen molar-refractivity contribution in [2.75, 3.05) is 0 Å². The molecule has 1 saturated heterocycles. The van der Waals surface area contributed by atoms with Crippen molar-refractivity contribution < 1.29 is 27.9 Å². The van der Waals surface area contributed by atoms with E-state index in [9.17, 15) is 23.2 Å². The second kappa shape index (κ2) is 10.9. The lowest BCUT2D eigenvalue weighted by Crippen LogP contribution is -2.74. The van der Waals surface area contributed by atoms with E-state index >= 15 is 0 Å². The van der Waals surface area contributed by atoms with Gasteiger partial charge in [0.1, 0.15) is 11.4 Å². The molecule has 0 spiro atoms. The lowest BCUT2D eigenvalue weighted by molar-refractivity contribution is -0.166. The highest BCUT2D eigenvalue weighted by atomic mass is 32.2. The Hall–Kier alpha value is -3.50. The molecular weight excluding hydrogens is 518 g/mol. The summed E-state index contributed by atoms with van der Waals surface area (Å²) in [6, 6.07) is 19.1. The van der Waals surface area contributed by atoms with Gasteiger partial charge in [-0.1, -0.05) is 66.7 Å². The predicted octanol–water partition coefficient (Wildman–Crippen LogP) is 4.54. The minimum Gasteiger partial charge on any atom is -0.451 e. The number of amides is 2. The zero-order chi connectivity index (χ0) is 25.9. The van der Waals surface area contributed by atoms with Crippen LogP contribution in [0.25, 0.3) is 0 Å². The van der Waals surface area contributed by atoms with Crippen LogP contribution in [-0.4, -0.2) is 46.6 Å². The van der Waals surface area contributed by atoms with Crippen LogP contribution in [0.5, 0.6) is 0 Å². The molecule has 190 valence electrons. The fraction of sp³-hybridized carbons (Fsp3) is 0.222. The number of alkyl halides is 2. The van der Waals surface area contributed by atoms with E-state index in [0.29, 0.717) is 11.1 Å².